The summed E-state index contributed by atoms with van der Waals surface area (Å²) in [5.41, 5.74) is 0.498. The predicted octanol–water partition coefficient (Wildman–Crippen LogP) is -2.36. The average Bonchev–Trinajstić information content (AvgIpc) is 3.00. The Morgan fingerprint density at radius 3 is 2.52 bits per heavy atom. The molecule has 0 spiro atoms. The van der Waals surface area contributed by atoms with Crippen LogP contribution in [-0.4, -0.2) is 29.9 Å². The van der Waals surface area contributed by atoms with Gasteiger partial charge in [0.1, 0.15) is 0 Å². The summed E-state index contributed by atoms with van der Waals surface area (Å²) in [4.78, 5) is 24.3. The summed E-state index contributed by atoms with van der Waals surface area (Å²) in [7, 11) is 0. The first-order chi connectivity index (χ1) is 9.70. The highest BCUT2D eigenvalue weighted by molar-refractivity contribution is 7.12. The molecule has 0 radical (unpaired) electrons. The standard InChI is InChI=1S/C14H14N2O3S.BrH/c17-8-5-15-14(19)11-3-6-16(7-4-11)10-12(18)13-2-1-9-20-13;/h1-4,6-7,9,17H,5,8,10H2;1H. The van der Waals surface area contributed by atoms with Crippen molar-refractivity contribution in [2.75, 3.05) is 13.2 Å². The molecule has 0 aliphatic carbocycles. The number of nitrogens with zero attached hydrogens (tertiary/aromatic N) is 1. The molecule has 2 heterocycles. The lowest BCUT2D eigenvalue weighted by atomic mass is 10.2. The van der Waals surface area contributed by atoms with Crippen LogP contribution in [0.15, 0.2) is 42.0 Å². The lowest BCUT2D eigenvalue weighted by Crippen LogP contribution is -3.00. The van der Waals surface area contributed by atoms with Crippen LogP contribution in [0.4, 0.5) is 0 Å². The molecular weight excluding hydrogens is 356 g/mol. The minimum absolute atomic E-state index is 0. The topological polar surface area (TPSA) is 70.3 Å². The molecular formula is C14H15BrN2O3S. The third-order valence-electron chi connectivity index (χ3n) is 2.67. The van der Waals surface area contributed by atoms with Gasteiger partial charge < -0.3 is 27.4 Å². The van der Waals surface area contributed by atoms with Crippen LogP contribution in [0.1, 0.15) is 20.0 Å². The number of Topliss-reactive ketones (excluding diaryl/α,β-unsaturated/α-hetero) is 1. The Balaban J connectivity index is 0.00000220. The number of aliphatic hydroxyl groups is 1. The van der Waals surface area contributed by atoms with Crippen molar-refractivity contribution in [2.24, 2.45) is 0 Å². The number of hydrogen-bond acceptors (Lipinski definition) is 4. The van der Waals surface area contributed by atoms with Crippen molar-refractivity contribution in [2.45, 2.75) is 6.54 Å². The summed E-state index contributed by atoms with van der Waals surface area (Å²) in [6.45, 7) is 0.386. The van der Waals surface area contributed by atoms with E-state index in [0.717, 1.165) is 4.88 Å². The molecule has 0 saturated carbocycles. The van der Waals surface area contributed by atoms with Crippen molar-refractivity contribution in [3.63, 3.8) is 0 Å². The number of thiophene rings is 1. The summed E-state index contributed by atoms with van der Waals surface area (Å²) in [5, 5.41) is 13.1. The normalized spacial score (nSPS) is 9.76. The first kappa shape index (κ1) is 17.5. The molecule has 2 N–H and O–H groups in total. The van der Waals surface area contributed by atoms with E-state index in [-0.39, 0.29) is 48.4 Å². The highest BCUT2D eigenvalue weighted by Crippen LogP contribution is 2.09. The zero-order valence-electron chi connectivity index (χ0n) is 11.2. The first-order valence-electron chi connectivity index (χ1n) is 6.15. The maximum atomic E-state index is 11.9. The quantitative estimate of drug-likeness (QED) is 0.441. The van der Waals surface area contributed by atoms with Crippen molar-refractivity contribution < 1.29 is 36.2 Å². The number of aliphatic hydroxyl groups excluding tert-OH is 1. The zero-order chi connectivity index (χ0) is 14.4. The van der Waals surface area contributed by atoms with Crippen LogP contribution in [-0.2, 0) is 6.54 Å². The second kappa shape index (κ2) is 8.66. The summed E-state index contributed by atoms with van der Waals surface area (Å²) in [5.74, 6) is -0.196. The number of nitrogens with one attached hydrogen (secondary N) is 1. The Bertz CT molecular complexity index is 585. The molecule has 2 aromatic heterocycles. The van der Waals surface area contributed by atoms with Crippen LogP contribution < -0.4 is 26.9 Å². The summed E-state index contributed by atoms with van der Waals surface area (Å²) in [6, 6.07) is 6.93. The van der Waals surface area contributed by atoms with E-state index >= 15 is 0 Å². The molecule has 0 unspecified atom stereocenters. The average molecular weight is 371 g/mol. The molecule has 0 aliphatic heterocycles. The number of halogens is 1. The van der Waals surface area contributed by atoms with Crippen molar-refractivity contribution >= 4 is 23.0 Å². The number of rotatable bonds is 6. The van der Waals surface area contributed by atoms with Gasteiger partial charge >= 0.3 is 0 Å². The van der Waals surface area contributed by atoms with Gasteiger partial charge in [0.05, 0.1) is 17.0 Å². The molecule has 0 atom stereocenters. The van der Waals surface area contributed by atoms with Crippen molar-refractivity contribution in [1.82, 2.24) is 5.32 Å². The number of ketones is 1. The maximum absolute atomic E-state index is 11.9. The number of carbonyl (C=O) groups is 2. The molecule has 2 rings (SSSR count). The van der Waals surface area contributed by atoms with Crippen LogP contribution in [0.5, 0.6) is 0 Å². The van der Waals surface area contributed by atoms with Gasteiger partial charge in [0, 0.05) is 18.7 Å². The van der Waals surface area contributed by atoms with Gasteiger partial charge in [0.15, 0.2) is 12.4 Å². The SMILES string of the molecule is O=C(NCCO)c1cc[n+](CC(=O)c2cccs2)cc1.[Br-]. The number of pyridine rings is 1. The fourth-order valence-electron chi connectivity index (χ4n) is 1.67. The number of aromatic nitrogens is 1. The molecule has 0 bridgehead atoms. The van der Waals surface area contributed by atoms with Crippen molar-refractivity contribution in [1.29, 1.82) is 0 Å². The second-order valence-corrected chi connectivity index (χ2v) is 5.09. The smallest absolute Gasteiger partial charge is 0.251 e. The molecule has 2 aromatic rings. The third kappa shape index (κ3) is 5.04. The first-order valence-corrected chi connectivity index (χ1v) is 7.03. The summed E-state index contributed by atoms with van der Waals surface area (Å²) < 4.78 is 1.73. The number of hydrogen-bond donors (Lipinski definition) is 2. The Hall–Kier alpha value is -1.57. The Labute approximate surface area is 137 Å². The van der Waals surface area contributed by atoms with Crippen LogP contribution in [0.2, 0.25) is 0 Å². The Kier molecular flexibility index (Phi) is 7.21. The van der Waals surface area contributed by atoms with Gasteiger partial charge in [-0.3, -0.25) is 9.59 Å². The molecule has 0 aromatic carbocycles. The van der Waals surface area contributed by atoms with E-state index in [1.807, 2.05) is 11.4 Å². The van der Waals surface area contributed by atoms with E-state index in [1.165, 1.54) is 11.3 Å². The van der Waals surface area contributed by atoms with Crippen molar-refractivity contribution in [3.8, 4) is 0 Å². The molecule has 5 nitrogen and oxygen atoms in total. The highest BCUT2D eigenvalue weighted by atomic mass is 79.9. The van der Waals surface area contributed by atoms with Crippen molar-refractivity contribution in [3.05, 3.63) is 52.5 Å². The predicted molar refractivity (Wildman–Crippen MR) is 74.7 cm³/mol. The second-order valence-electron chi connectivity index (χ2n) is 4.14. The lowest BCUT2D eigenvalue weighted by molar-refractivity contribution is -0.683. The van der Waals surface area contributed by atoms with E-state index in [2.05, 4.69) is 5.32 Å². The zero-order valence-corrected chi connectivity index (χ0v) is 13.6. The molecule has 112 valence electrons. The fourth-order valence-corrected chi connectivity index (χ4v) is 2.32. The largest absolute Gasteiger partial charge is 1.00 e. The van der Waals surface area contributed by atoms with Crippen LogP contribution in [0.25, 0.3) is 0 Å². The third-order valence-corrected chi connectivity index (χ3v) is 3.58. The fraction of sp³-hybridized carbons (Fsp3) is 0.214. The van der Waals surface area contributed by atoms with Gasteiger partial charge in [0.25, 0.3) is 5.91 Å². The number of amides is 1. The van der Waals surface area contributed by atoms with Crippen LogP contribution >= 0.6 is 11.3 Å². The van der Waals surface area contributed by atoms with Gasteiger partial charge in [-0.05, 0) is 11.4 Å². The van der Waals surface area contributed by atoms with Gasteiger partial charge in [-0.1, -0.05) is 6.07 Å². The van der Waals surface area contributed by atoms with Gasteiger partial charge in [-0.2, -0.15) is 4.57 Å². The molecule has 1 amide bonds. The van der Waals surface area contributed by atoms with E-state index in [4.69, 9.17) is 5.11 Å². The van der Waals surface area contributed by atoms with Crippen LogP contribution in [0, 0.1) is 0 Å². The summed E-state index contributed by atoms with van der Waals surface area (Å²) in [6.07, 6.45) is 3.39. The van der Waals surface area contributed by atoms with Crippen LogP contribution in [0.3, 0.4) is 0 Å². The lowest BCUT2D eigenvalue weighted by Gasteiger charge is -2.02. The Morgan fingerprint density at radius 2 is 1.95 bits per heavy atom. The Morgan fingerprint density at radius 1 is 1.24 bits per heavy atom. The maximum Gasteiger partial charge on any atom is 0.251 e. The van der Waals surface area contributed by atoms with E-state index < -0.39 is 0 Å². The molecule has 0 aliphatic rings. The molecule has 7 heteroatoms. The van der Waals surface area contributed by atoms with Gasteiger partial charge in [0.2, 0.25) is 12.3 Å². The van der Waals surface area contributed by atoms with E-state index in [0.29, 0.717) is 5.56 Å². The monoisotopic (exact) mass is 370 g/mol. The van der Waals surface area contributed by atoms with Gasteiger partial charge in [-0.25, -0.2) is 0 Å². The highest BCUT2D eigenvalue weighted by Gasteiger charge is 2.13. The summed E-state index contributed by atoms with van der Waals surface area (Å²) >= 11 is 1.42. The minimum Gasteiger partial charge on any atom is -1.00 e. The van der Waals surface area contributed by atoms with E-state index in [9.17, 15) is 9.59 Å². The van der Waals surface area contributed by atoms with E-state index in [1.54, 1.807) is 35.2 Å². The molecule has 0 saturated heterocycles. The number of carbonyl (C=O) groups excluding carboxylic acids is 2. The minimum atomic E-state index is -0.240. The van der Waals surface area contributed by atoms with Gasteiger partial charge in [-0.15, -0.1) is 11.3 Å². The molecule has 0 fully saturated rings. The molecule has 21 heavy (non-hydrogen) atoms.